The molecule has 9 heteroatoms. The Kier molecular flexibility index (Phi) is 5.38. The second-order valence-corrected chi connectivity index (χ2v) is 9.50. The Labute approximate surface area is 189 Å². The van der Waals surface area contributed by atoms with Crippen molar-refractivity contribution in [2.24, 2.45) is 0 Å². The number of hydrogen-bond donors (Lipinski definition) is 0. The molecule has 168 valence electrons. The van der Waals surface area contributed by atoms with Gasteiger partial charge in [0.25, 0.3) is 5.56 Å². The number of thiophene rings is 1. The number of aryl methyl sites for hydroxylation is 2. The number of methoxy groups -OCH3 is 1. The van der Waals surface area contributed by atoms with Gasteiger partial charge >= 0.3 is 5.69 Å². The normalized spacial score (nSPS) is 16.7. The summed E-state index contributed by atoms with van der Waals surface area (Å²) >= 11 is 1.33. The maximum atomic E-state index is 13.2. The first-order valence-electron chi connectivity index (χ1n) is 10.9. The molecule has 2 aliphatic heterocycles. The van der Waals surface area contributed by atoms with Crippen molar-refractivity contribution in [2.75, 3.05) is 44.7 Å². The quantitative estimate of drug-likeness (QED) is 0.587. The van der Waals surface area contributed by atoms with E-state index in [0.717, 1.165) is 42.5 Å². The number of nitrogens with zero attached hydrogens (tertiary/aromatic N) is 4. The number of para-hydroxylation sites is 2. The molecule has 1 fully saturated rings. The molecule has 0 aliphatic carbocycles. The third kappa shape index (κ3) is 3.36. The Morgan fingerprint density at radius 1 is 1.00 bits per heavy atom. The molecule has 0 bridgehead atoms. The lowest BCUT2D eigenvalue weighted by molar-refractivity contribution is 0.0976. The number of hydrogen-bond acceptors (Lipinski definition) is 7. The fourth-order valence-corrected chi connectivity index (χ4v) is 5.89. The summed E-state index contributed by atoms with van der Waals surface area (Å²) in [5.74, 6) is 0.893. The van der Waals surface area contributed by atoms with E-state index in [1.165, 1.54) is 15.9 Å². The maximum absolute atomic E-state index is 13.2. The zero-order valence-corrected chi connectivity index (χ0v) is 19.1. The molecule has 5 rings (SSSR count). The van der Waals surface area contributed by atoms with Gasteiger partial charge in [0.15, 0.2) is 5.78 Å². The Morgan fingerprint density at radius 2 is 1.75 bits per heavy atom. The van der Waals surface area contributed by atoms with Crippen LogP contribution in [-0.4, -0.2) is 59.7 Å². The van der Waals surface area contributed by atoms with Crippen molar-refractivity contribution in [3.05, 3.63) is 54.9 Å². The summed E-state index contributed by atoms with van der Waals surface area (Å²) in [7, 11) is 1.68. The van der Waals surface area contributed by atoms with Crippen LogP contribution in [0, 0.1) is 6.92 Å². The van der Waals surface area contributed by atoms with Crippen molar-refractivity contribution in [3.8, 4) is 5.75 Å². The molecule has 0 saturated carbocycles. The Bertz CT molecular complexity index is 1310. The molecule has 4 heterocycles. The van der Waals surface area contributed by atoms with Gasteiger partial charge in [0, 0.05) is 57.1 Å². The van der Waals surface area contributed by atoms with Crippen molar-refractivity contribution in [3.63, 3.8) is 0 Å². The van der Waals surface area contributed by atoms with Crippen LogP contribution in [0.1, 0.15) is 21.0 Å². The first-order chi connectivity index (χ1) is 15.5. The predicted molar refractivity (Wildman–Crippen MR) is 126 cm³/mol. The molecule has 0 amide bonds. The number of aromatic nitrogens is 2. The van der Waals surface area contributed by atoms with Crippen LogP contribution in [0.15, 0.2) is 33.9 Å². The second kappa shape index (κ2) is 8.22. The molecule has 0 atom stereocenters. The molecule has 0 N–H and O–H groups in total. The van der Waals surface area contributed by atoms with Crippen molar-refractivity contribution < 1.29 is 9.53 Å². The van der Waals surface area contributed by atoms with Gasteiger partial charge in [-0.2, -0.15) is 0 Å². The molecule has 1 saturated heterocycles. The van der Waals surface area contributed by atoms with Gasteiger partial charge in [-0.05, 0) is 19.1 Å². The molecule has 0 radical (unpaired) electrons. The van der Waals surface area contributed by atoms with E-state index in [-0.39, 0.29) is 17.0 Å². The molecule has 2 aliphatic rings. The smallest absolute Gasteiger partial charge is 0.331 e. The number of ether oxygens (including phenoxy) is 1. The summed E-state index contributed by atoms with van der Waals surface area (Å²) in [4.78, 5) is 44.5. The monoisotopic (exact) mass is 454 g/mol. The molecule has 3 aromatic rings. The van der Waals surface area contributed by atoms with Gasteiger partial charge in [-0.25, -0.2) is 4.79 Å². The topological polar surface area (TPSA) is 76.8 Å². The van der Waals surface area contributed by atoms with E-state index in [1.54, 1.807) is 11.7 Å². The first-order valence-corrected chi connectivity index (χ1v) is 11.7. The van der Waals surface area contributed by atoms with Crippen LogP contribution in [0.5, 0.6) is 5.75 Å². The Balaban J connectivity index is 1.34. The van der Waals surface area contributed by atoms with Gasteiger partial charge in [-0.1, -0.05) is 12.1 Å². The molecule has 0 spiro atoms. The zero-order valence-electron chi connectivity index (χ0n) is 18.3. The average molecular weight is 455 g/mol. The van der Waals surface area contributed by atoms with Crippen molar-refractivity contribution in [2.45, 2.75) is 26.4 Å². The van der Waals surface area contributed by atoms with E-state index in [1.807, 2.05) is 25.1 Å². The van der Waals surface area contributed by atoms with Crippen LogP contribution in [0.3, 0.4) is 0 Å². The summed E-state index contributed by atoms with van der Waals surface area (Å²) in [6.07, 6.45) is 0.311. The largest absolute Gasteiger partial charge is 0.495 e. The van der Waals surface area contributed by atoms with E-state index in [4.69, 9.17) is 4.74 Å². The highest BCUT2D eigenvalue weighted by Gasteiger charge is 2.28. The minimum atomic E-state index is -0.304. The molecule has 0 unspecified atom stereocenters. The highest BCUT2D eigenvalue weighted by atomic mass is 32.1. The molecule has 8 nitrogen and oxygen atoms in total. The SMILES string of the molecule is COc1ccccc1N1CCN(CCn2c(=O)c3c(C)sc4c3n(c2=O)CCC4=O)CC1. The van der Waals surface area contributed by atoms with Gasteiger partial charge < -0.3 is 9.64 Å². The summed E-state index contributed by atoms with van der Waals surface area (Å²) in [6.45, 7) is 6.58. The third-order valence-corrected chi connectivity index (χ3v) is 7.64. The van der Waals surface area contributed by atoms with Gasteiger partial charge in [-0.3, -0.25) is 23.6 Å². The van der Waals surface area contributed by atoms with Crippen molar-refractivity contribution in [1.82, 2.24) is 14.0 Å². The van der Waals surface area contributed by atoms with E-state index in [2.05, 4.69) is 15.9 Å². The van der Waals surface area contributed by atoms with Gasteiger partial charge in [0.1, 0.15) is 5.75 Å². The summed E-state index contributed by atoms with van der Waals surface area (Å²) in [5.41, 5.74) is 1.05. The van der Waals surface area contributed by atoms with Crippen LogP contribution in [0.2, 0.25) is 0 Å². The average Bonchev–Trinajstić information content (AvgIpc) is 3.17. The predicted octanol–water partition coefficient (Wildman–Crippen LogP) is 1.95. The van der Waals surface area contributed by atoms with Gasteiger partial charge in [0.05, 0.1) is 28.6 Å². The number of Topliss-reactive ketones (excluding diaryl/α,β-unsaturated/α-hetero) is 1. The second-order valence-electron chi connectivity index (χ2n) is 8.28. The standard InChI is InChI=1S/C23H26N4O4S/c1-15-19-20-21(32-15)17(28)7-8-26(20)23(30)27(22(19)29)14-11-24-9-12-25(13-10-24)16-5-3-4-6-18(16)31-2/h3-6H,7-14H2,1-2H3. The molecular weight excluding hydrogens is 428 g/mol. The van der Waals surface area contributed by atoms with Crippen LogP contribution >= 0.6 is 11.3 Å². The van der Waals surface area contributed by atoms with Crippen molar-refractivity contribution in [1.29, 1.82) is 0 Å². The molecule has 1 aromatic carbocycles. The van der Waals surface area contributed by atoms with E-state index in [9.17, 15) is 14.4 Å². The number of benzene rings is 1. The number of rotatable bonds is 5. The minimum absolute atomic E-state index is 0.0255. The number of carbonyl (C=O) groups is 1. The van der Waals surface area contributed by atoms with Crippen molar-refractivity contribution >= 4 is 33.7 Å². The Morgan fingerprint density at radius 3 is 2.50 bits per heavy atom. The number of ketones is 1. The fourth-order valence-electron chi connectivity index (χ4n) is 4.77. The number of piperazine rings is 1. The Hall–Kier alpha value is -2.91. The van der Waals surface area contributed by atoms with E-state index in [0.29, 0.717) is 41.8 Å². The summed E-state index contributed by atoms with van der Waals surface area (Å²) in [6, 6.07) is 8.01. The molecule has 32 heavy (non-hydrogen) atoms. The van der Waals surface area contributed by atoms with E-state index >= 15 is 0 Å². The summed E-state index contributed by atoms with van der Waals surface area (Å²) < 4.78 is 8.46. The van der Waals surface area contributed by atoms with Crippen LogP contribution in [0.25, 0.3) is 10.9 Å². The van der Waals surface area contributed by atoms with Crippen LogP contribution in [-0.2, 0) is 13.1 Å². The molecule has 2 aromatic heterocycles. The third-order valence-electron chi connectivity index (χ3n) is 6.50. The lowest BCUT2D eigenvalue weighted by Gasteiger charge is -2.36. The number of carbonyl (C=O) groups excluding carboxylic acids is 1. The maximum Gasteiger partial charge on any atom is 0.331 e. The number of anilines is 1. The fraction of sp³-hybridized carbons (Fsp3) is 0.435. The highest BCUT2D eigenvalue weighted by Crippen LogP contribution is 2.31. The zero-order chi connectivity index (χ0) is 22.4. The van der Waals surface area contributed by atoms with E-state index < -0.39 is 0 Å². The minimum Gasteiger partial charge on any atom is -0.495 e. The van der Waals surface area contributed by atoms with Gasteiger partial charge in [0.2, 0.25) is 0 Å². The lowest BCUT2D eigenvalue weighted by Crippen LogP contribution is -2.49. The lowest BCUT2D eigenvalue weighted by atomic mass is 10.1. The van der Waals surface area contributed by atoms with Gasteiger partial charge in [-0.15, -0.1) is 11.3 Å². The first kappa shape index (κ1) is 21.0. The van der Waals surface area contributed by atoms with Crippen LogP contribution < -0.4 is 20.9 Å². The van der Waals surface area contributed by atoms with Crippen LogP contribution in [0.4, 0.5) is 5.69 Å². The molecular formula is C23H26N4O4S. The highest BCUT2D eigenvalue weighted by molar-refractivity contribution is 7.15. The summed E-state index contributed by atoms with van der Waals surface area (Å²) in [5, 5.41) is 0.527.